The number of hydrogen-bond acceptors (Lipinski definition) is 1. The molecule has 5 aromatic heterocycles. The van der Waals surface area contributed by atoms with E-state index < -0.39 is 0 Å². The third kappa shape index (κ3) is 4.04. The fourth-order valence-corrected chi connectivity index (χ4v) is 9.67. The second-order valence-corrected chi connectivity index (χ2v) is 15.1. The molecule has 0 radical (unpaired) electrons. The van der Waals surface area contributed by atoms with E-state index in [9.17, 15) is 0 Å². The first-order valence-electron chi connectivity index (χ1n) is 19.3. The number of pyridine rings is 1. The van der Waals surface area contributed by atoms with Crippen LogP contribution in [0, 0.1) is 0 Å². The van der Waals surface area contributed by atoms with Crippen LogP contribution >= 0.6 is 0 Å². The monoisotopic (exact) mass is 709 g/mol. The van der Waals surface area contributed by atoms with E-state index in [1.165, 1.54) is 92.9 Å². The van der Waals surface area contributed by atoms with Crippen molar-refractivity contribution in [2.75, 3.05) is 0 Å². The Morgan fingerprint density at radius 3 is 1.23 bits per heavy atom. The maximum absolute atomic E-state index is 5.16. The van der Waals surface area contributed by atoms with Crippen LogP contribution in [0.1, 0.15) is 0 Å². The number of hydrogen-bond donors (Lipinski definition) is 0. The molecule has 3 heteroatoms. The van der Waals surface area contributed by atoms with E-state index in [4.69, 9.17) is 4.98 Å². The van der Waals surface area contributed by atoms with Gasteiger partial charge in [0.1, 0.15) is 0 Å². The lowest BCUT2D eigenvalue weighted by atomic mass is 9.96. The molecule has 0 aliphatic heterocycles. The zero-order chi connectivity index (χ0) is 36.5. The lowest BCUT2D eigenvalue weighted by Crippen LogP contribution is -1.91. The average molecular weight is 710 g/mol. The molecule has 0 saturated carbocycles. The molecule has 0 bridgehead atoms. The molecule has 0 amide bonds. The van der Waals surface area contributed by atoms with E-state index in [0.29, 0.717) is 0 Å². The van der Waals surface area contributed by atoms with Crippen molar-refractivity contribution in [3.63, 3.8) is 0 Å². The largest absolute Gasteiger partial charge is 0.308 e. The molecule has 258 valence electrons. The Morgan fingerprint density at radius 1 is 0.250 bits per heavy atom. The van der Waals surface area contributed by atoms with Crippen LogP contribution in [0.4, 0.5) is 0 Å². The molecule has 0 atom stereocenters. The number of rotatable bonds is 4. The Labute approximate surface area is 321 Å². The minimum Gasteiger partial charge on any atom is -0.308 e. The number of benzene rings is 8. The summed E-state index contributed by atoms with van der Waals surface area (Å²) >= 11 is 0. The molecule has 3 nitrogen and oxygen atoms in total. The molecule has 0 spiro atoms. The third-order valence-electron chi connectivity index (χ3n) is 12.1. The molecule has 13 aromatic rings. The fourth-order valence-electron chi connectivity index (χ4n) is 9.67. The fraction of sp³-hybridized carbons (Fsp3) is 0. The van der Waals surface area contributed by atoms with Gasteiger partial charge < -0.3 is 8.80 Å². The first kappa shape index (κ1) is 29.9. The molecule has 5 heterocycles. The van der Waals surface area contributed by atoms with Gasteiger partial charge in [0, 0.05) is 54.2 Å². The molecule has 13 rings (SSSR count). The number of aromatic nitrogens is 3. The summed E-state index contributed by atoms with van der Waals surface area (Å²) in [6, 6.07) is 68.8. The normalized spacial score (nSPS) is 12.3. The first-order chi connectivity index (χ1) is 27.8. The van der Waals surface area contributed by atoms with Crippen molar-refractivity contribution in [1.82, 2.24) is 13.8 Å². The Morgan fingerprint density at radius 2 is 0.643 bits per heavy atom. The van der Waals surface area contributed by atoms with Crippen LogP contribution in [0.5, 0.6) is 0 Å². The number of para-hydroxylation sites is 3. The van der Waals surface area contributed by atoms with Crippen LogP contribution in [0.25, 0.3) is 121 Å². The van der Waals surface area contributed by atoms with Crippen molar-refractivity contribution >= 4 is 76.2 Å². The summed E-state index contributed by atoms with van der Waals surface area (Å²) in [5, 5.41) is 10.3. The van der Waals surface area contributed by atoms with Crippen LogP contribution in [-0.4, -0.2) is 13.8 Å². The summed E-state index contributed by atoms with van der Waals surface area (Å²) in [6.45, 7) is 0. The number of fused-ring (bicyclic) bond motifs is 12. The predicted octanol–water partition coefficient (Wildman–Crippen LogP) is 14.0. The van der Waals surface area contributed by atoms with Gasteiger partial charge in [-0.15, -0.1) is 0 Å². The Kier molecular flexibility index (Phi) is 5.89. The highest BCUT2D eigenvalue weighted by molar-refractivity contribution is 6.26. The van der Waals surface area contributed by atoms with Crippen molar-refractivity contribution in [2.24, 2.45) is 0 Å². The summed E-state index contributed by atoms with van der Waals surface area (Å²) in [4.78, 5) is 5.16. The second kappa shape index (κ2) is 11.0. The highest BCUT2D eigenvalue weighted by atomic mass is 14.9. The maximum atomic E-state index is 5.16. The molecule has 0 saturated heterocycles. The molecular formula is C53H31N3. The minimum absolute atomic E-state index is 0.969. The van der Waals surface area contributed by atoms with Gasteiger partial charge in [-0.25, -0.2) is 4.98 Å². The topological polar surface area (TPSA) is 21.7 Å². The van der Waals surface area contributed by atoms with Gasteiger partial charge in [-0.1, -0.05) is 127 Å². The minimum atomic E-state index is 0.969. The van der Waals surface area contributed by atoms with Gasteiger partial charge in [-0.05, 0) is 82.9 Å². The lowest BCUT2D eigenvalue weighted by Gasteiger charge is -2.11. The van der Waals surface area contributed by atoms with Crippen molar-refractivity contribution < 1.29 is 0 Å². The maximum Gasteiger partial charge on any atom is 0.0715 e. The molecule has 0 N–H and O–H groups in total. The van der Waals surface area contributed by atoms with Crippen molar-refractivity contribution in [3.05, 3.63) is 188 Å². The molecule has 0 aliphatic carbocycles. The summed E-state index contributed by atoms with van der Waals surface area (Å²) in [5.74, 6) is 0. The molecular weight excluding hydrogens is 679 g/mol. The predicted molar refractivity (Wildman–Crippen MR) is 235 cm³/mol. The zero-order valence-electron chi connectivity index (χ0n) is 30.2. The van der Waals surface area contributed by atoms with Crippen molar-refractivity contribution in [1.29, 1.82) is 0 Å². The highest BCUT2D eigenvalue weighted by Crippen LogP contribution is 2.45. The van der Waals surface area contributed by atoms with Crippen LogP contribution in [0.2, 0.25) is 0 Å². The van der Waals surface area contributed by atoms with Gasteiger partial charge in [0.05, 0.1) is 44.5 Å². The highest BCUT2D eigenvalue weighted by Gasteiger charge is 2.21. The van der Waals surface area contributed by atoms with Gasteiger partial charge in [0.2, 0.25) is 0 Å². The Hall–Kier alpha value is -7.49. The quantitative estimate of drug-likeness (QED) is 0.178. The zero-order valence-corrected chi connectivity index (χ0v) is 30.2. The molecule has 0 fully saturated rings. The van der Waals surface area contributed by atoms with Gasteiger partial charge in [-0.3, -0.25) is 0 Å². The summed E-state index contributed by atoms with van der Waals surface area (Å²) < 4.78 is 4.93. The smallest absolute Gasteiger partial charge is 0.0715 e. The molecule has 56 heavy (non-hydrogen) atoms. The second-order valence-electron chi connectivity index (χ2n) is 15.1. The third-order valence-corrected chi connectivity index (χ3v) is 12.1. The van der Waals surface area contributed by atoms with Gasteiger partial charge >= 0.3 is 0 Å². The summed E-state index contributed by atoms with van der Waals surface area (Å²) in [7, 11) is 0. The van der Waals surface area contributed by atoms with E-state index in [1.807, 2.05) is 0 Å². The van der Waals surface area contributed by atoms with E-state index in [-0.39, 0.29) is 0 Å². The van der Waals surface area contributed by atoms with E-state index in [0.717, 1.165) is 28.1 Å². The van der Waals surface area contributed by atoms with Gasteiger partial charge in [0.15, 0.2) is 0 Å². The SMILES string of the molecule is c1ccc(-c2cc(-c3ccc4c(c3)c3cc(-c5ccc6c(c5)c5cccc7c8ccccc8n6c75)cc5c6ccccc6n4c53)cc(-c3ccccc3)n2)cc1. The average Bonchev–Trinajstić information content (AvgIpc) is 4.00. The molecule has 0 unspecified atom stereocenters. The van der Waals surface area contributed by atoms with E-state index >= 15 is 0 Å². The van der Waals surface area contributed by atoms with Crippen LogP contribution < -0.4 is 0 Å². The van der Waals surface area contributed by atoms with Crippen LogP contribution in [0.3, 0.4) is 0 Å². The van der Waals surface area contributed by atoms with Crippen LogP contribution in [0.15, 0.2) is 188 Å². The van der Waals surface area contributed by atoms with Gasteiger partial charge in [-0.2, -0.15) is 0 Å². The first-order valence-corrected chi connectivity index (χ1v) is 19.3. The summed E-state index contributed by atoms with van der Waals surface area (Å²) in [5.41, 5.74) is 16.5. The van der Waals surface area contributed by atoms with Crippen LogP contribution in [-0.2, 0) is 0 Å². The Bertz CT molecular complexity index is 3630. The molecule has 8 aromatic carbocycles. The van der Waals surface area contributed by atoms with Crippen molar-refractivity contribution in [2.45, 2.75) is 0 Å². The molecule has 0 aliphatic rings. The lowest BCUT2D eigenvalue weighted by molar-refractivity contribution is 1.32. The summed E-state index contributed by atoms with van der Waals surface area (Å²) in [6.07, 6.45) is 0. The van der Waals surface area contributed by atoms with E-state index in [2.05, 4.69) is 197 Å². The standard InChI is InChI=1S/C53H31N3/c1-3-12-32(13-4-1)46-30-37(31-47(54-46)33-14-5-2-6-15-33)35-23-25-51-43(27-35)45-29-36(28-44-39-17-8-10-21-49(39)56(51)53(44)45)34-22-24-50-42(26-34)41-19-11-18-40-38-16-7-9-20-48(38)55(50)52(40)41/h1-31H. The van der Waals surface area contributed by atoms with Gasteiger partial charge in [0.25, 0.3) is 0 Å². The number of nitrogens with zero attached hydrogens (tertiary/aromatic N) is 3. The Balaban J connectivity index is 1.06. The van der Waals surface area contributed by atoms with E-state index in [1.54, 1.807) is 0 Å². The van der Waals surface area contributed by atoms with Crippen molar-refractivity contribution in [3.8, 4) is 44.8 Å².